The van der Waals surface area contributed by atoms with E-state index in [4.69, 9.17) is 0 Å². The van der Waals surface area contributed by atoms with Gasteiger partial charge in [-0.15, -0.1) is 0 Å². The maximum atomic E-state index is 12.5. The summed E-state index contributed by atoms with van der Waals surface area (Å²) in [5.74, 6) is -0.235. The number of nitrogens with one attached hydrogen (secondary N) is 1. The first kappa shape index (κ1) is 16.9. The zero-order chi connectivity index (χ0) is 17.1. The Morgan fingerprint density at radius 2 is 2.29 bits per heavy atom. The van der Waals surface area contributed by atoms with Gasteiger partial charge < -0.3 is 10.2 Å². The molecule has 0 saturated carbocycles. The summed E-state index contributed by atoms with van der Waals surface area (Å²) < 4.78 is 0. The lowest BCUT2D eigenvalue weighted by Crippen LogP contribution is -2.41. The molecule has 2 saturated heterocycles. The lowest BCUT2D eigenvalue weighted by atomic mass is 10.1. The van der Waals surface area contributed by atoms with Gasteiger partial charge in [0.05, 0.1) is 5.92 Å². The van der Waals surface area contributed by atoms with E-state index in [0.29, 0.717) is 19.0 Å². The van der Waals surface area contributed by atoms with Crippen LogP contribution in [0.3, 0.4) is 0 Å². The quantitative estimate of drug-likeness (QED) is 0.892. The maximum absolute atomic E-state index is 12.5. The normalized spacial score (nSPS) is 24.6. The third-order valence-corrected chi connectivity index (χ3v) is 5.09. The Hall–Kier alpha value is -1.95. The second-order valence-electron chi connectivity index (χ2n) is 6.80. The Morgan fingerprint density at radius 3 is 3.04 bits per heavy atom. The minimum atomic E-state index is -0.262. The molecule has 3 heterocycles. The van der Waals surface area contributed by atoms with Gasteiger partial charge in [0, 0.05) is 43.1 Å². The Morgan fingerprint density at radius 1 is 1.46 bits per heavy atom. The van der Waals surface area contributed by atoms with Gasteiger partial charge >= 0.3 is 0 Å². The van der Waals surface area contributed by atoms with E-state index in [0.717, 1.165) is 37.4 Å². The lowest BCUT2D eigenvalue weighted by Gasteiger charge is -2.27. The molecule has 1 N–H and O–H groups in total. The average molecular weight is 330 g/mol. The summed E-state index contributed by atoms with van der Waals surface area (Å²) in [6.45, 7) is 7.48. The van der Waals surface area contributed by atoms with E-state index in [1.165, 1.54) is 6.42 Å². The van der Waals surface area contributed by atoms with Gasteiger partial charge in [-0.25, -0.2) is 0 Å². The summed E-state index contributed by atoms with van der Waals surface area (Å²) in [5, 5.41) is 2.91. The van der Waals surface area contributed by atoms with Gasteiger partial charge in [0.25, 0.3) is 0 Å². The molecule has 0 spiro atoms. The highest BCUT2D eigenvalue weighted by molar-refractivity contribution is 5.97. The van der Waals surface area contributed by atoms with Gasteiger partial charge in [-0.05, 0) is 45.0 Å². The molecule has 0 radical (unpaired) electrons. The van der Waals surface area contributed by atoms with Crippen LogP contribution < -0.4 is 5.32 Å². The van der Waals surface area contributed by atoms with Gasteiger partial charge in [-0.3, -0.25) is 19.5 Å². The largest absolute Gasteiger partial charge is 0.340 e. The molecule has 6 heteroatoms. The first-order valence-electron chi connectivity index (χ1n) is 8.82. The third-order valence-electron chi connectivity index (χ3n) is 5.09. The average Bonchev–Trinajstić information content (AvgIpc) is 3.14. The van der Waals surface area contributed by atoms with E-state index in [1.54, 1.807) is 12.3 Å². The molecule has 2 fully saturated rings. The number of likely N-dealkylation sites (N-methyl/N-ethyl adjacent to an activating group) is 1. The molecule has 2 atom stereocenters. The number of rotatable bonds is 5. The minimum Gasteiger partial charge on any atom is -0.340 e. The van der Waals surface area contributed by atoms with Crippen molar-refractivity contribution in [3.05, 3.63) is 24.0 Å². The number of hydrogen-bond donors (Lipinski definition) is 1. The Kier molecular flexibility index (Phi) is 5.14. The number of aryl methyl sites for hydroxylation is 1. The standard InChI is InChI=1S/C18H26N4O2/c1-3-21-8-4-5-16(21)12-22-11-14(10-17(22)23)18(24)20-15-6-7-19-13(2)9-15/h6-7,9,14,16H,3-5,8,10-12H2,1-2H3,(H,19,20,24)/t14-,16+/m0/s1. The van der Waals surface area contributed by atoms with Gasteiger partial charge in [0.15, 0.2) is 0 Å². The summed E-state index contributed by atoms with van der Waals surface area (Å²) in [5.41, 5.74) is 1.60. The molecule has 2 aliphatic rings. The van der Waals surface area contributed by atoms with Crippen LogP contribution in [-0.4, -0.2) is 58.8 Å². The first-order chi connectivity index (χ1) is 11.6. The number of aromatic nitrogens is 1. The molecule has 2 amide bonds. The van der Waals surface area contributed by atoms with Gasteiger partial charge in [-0.1, -0.05) is 6.92 Å². The molecular weight excluding hydrogens is 304 g/mol. The van der Waals surface area contributed by atoms with Crippen LogP contribution >= 0.6 is 0 Å². The van der Waals surface area contributed by atoms with Crippen LogP contribution in [0.1, 0.15) is 31.9 Å². The second-order valence-corrected chi connectivity index (χ2v) is 6.80. The number of amides is 2. The Labute approximate surface area is 143 Å². The summed E-state index contributed by atoms with van der Waals surface area (Å²) in [7, 11) is 0. The highest BCUT2D eigenvalue weighted by atomic mass is 16.2. The fourth-order valence-corrected chi connectivity index (χ4v) is 3.76. The van der Waals surface area contributed by atoms with Crippen molar-refractivity contribution in [3.8, 4) is 0 Å². The molecule has 0 aromatic carbocycles. The number of pyridine rings is 1. The number of anilines is 1. The topological polar surface area (TPSA) is 65.5 Å². The smallest absolute Gasteiger partial charge is 0.229 e. The van der Waals surface area contributed by atoms with Crippen molar-refractivity contribution in [3.63, 3.8) is 0 Å². The van der Waals surface area contributed by atoms with E-state index >= 15 is 0 Å². The predicted octanol–water partition coefficient (Wildman–Crippen LogP) is 1.66. The molecule has 1 aromatic rings. The van der Waals surface area contributed by atoms with Gasteiger partial charge in [0.1, 0.15) is 0 Å². The first-order valence-corrected chi connectivity index (χ1v) is 8.82. The number of hydrogen-bond acceptors (Lipinski definition) is 4. The lowest BCUT2D eigenvalue weighted by molar-refractivity contribution is -0.128. The third kappa shape index (κ3) is 3.75. The zero-order valence-electron chi connectivity index (χ0n) is 14.5. The summed E-state index contributed by atoms with van der Waals surface area (Å²) >= 11 is 0. The van der Waals surface area contributed by atoms with Crippen molar-refractivity contribution < 1.29 is 9.59 Å². The molecule has 130 valence electrons. The van der Waals surface area contributed by atoms with E-state index in [-0.39, 0.29) is 17.7 Å². The van der Waals surface area contributed by atoms with E-state index in [9.17, 15) is 9.59 Å². The molecule has 2 aliphatic heterocycles. The van der Waals surface area contributed by atoms with Crippen LogP contribution in [0.4, 0.5) is 5.69 Å². The SMILES string of the molecule is CCN1CCC[C@@H]1CN1C[C@@H](C(=O)Nc2ccnc(C)c2)CC1=O. The van der Waals surface area contributed by atoms with Crippen LogP contribution in [0.5, 0.6) is 0 Å². The number of carbonyl (C=O) groups is 2. The van der Waals surface area contributed by atoms with E-state index < -0.39 is 0 Å². The molecule has 0 aliphatic carbocycles. The highest BCUT2D eigenvalue weighted by Crippen LogP contribution is 2.24. The molecular formula is C18H26N4O2. The highest BCUT2D eigenvalue weighted by Gasteiger charge is 2.36. The van der Waals surface area contributed by atoms with E-state index in [2.05, 4.69) is 22.1 Å². The molecule has 6 nitrogen and oxygen atoms in total. The number of carbonyl (C=O) groups excluding carboxylic acids is 2. The van der Waals surface area contributed by atoms with Crippen molar-refractivity contribution in [1.29, 1.82) is 0 Å². The summed E-state index contributed by atoms with van der Waals surface area (Å²) in [6, 6.07) is 4.06. The molecule has 24 heavy (non-hydrogen) atoms. The van der Waals surface area contributed by atoms with Crippen LogP contribution in [0.25, 0.3) is 0 Å². The van der Waals surface area contributed by atoms with Crippen molar-refractivity contribution in [1.82, 2.24) is 14.8 Å². The zero-order valence-corrected chi connectivity index (χ0v) is 14.5. The van der Waals surface area contributed by atoms with Crippen molar-refractivity contribution >= 4 is 17.5 Å². The molecule has 0 unspecified atom stereocenters. The number of likely N-dealkylation sites (tertiary alicyclic amines) is 2. The summed E-state index contributed by atoms with van der Waals surface area (Å²) in [4.78, 5) is 33.2. The van der Waals surface area contributed by atoms with Gasteiger partial charge in [-0.2, -0.15) is 0 Å². The maximum Gasteiger partial charge on any atom is 0.229 e. The monoisotopic (exact) mass is 330 g/mol. The second kappa shape index (κ2) is 7.30. The van der Waals surface area contributed by atoms with Gasteiger partial charge in [0.2, 0.25) is 11.8 Å². The Balaban J connectivity index is 1.57. The van der Waals surface area contributed by atoms with Crippen molar-refractivity contribution in [2.24, 2.45) is 5.92 Å². The fourth-order valence-electron chi connectivity index (χ4n) is 3.76. The van der Waals surface area contributed by atoms with E-state index in [1.807, 2.05) is 17.9 Å². The Bertz CT molecular complexity index is 619. The van der Waals surface area contributed by atoms with Crippen molar-refractivity contribution in [2.45, 2.75) is 39.2 Å². The molecule has 3 rings (SSSR count). The van der Waals surface area contributed by atoms with Crippen LogP contribution in [-0.2, 0) is 9.59 Å². The van der Waals surface area contributed by atoms with Crippen LogP contribution in [0.15, 0.2) is 18.3 Å². The van der Waals surface area contributed by atoms with Crippen LogP contribution in [0, 0.1) is 12.8 Å². The number of nitrogens with zero attached hydrogens (tertiary/aromatic N) is 3. The van der Waals surface area contributed by atoms with Crippen molar-refractivity contribution in [2.75, 3.05) is 31.5 Å². The van der Waals surface area contributed by atoms with Crippen LogP contribution in [0.2, 0.25) is 0 Å². The molecule has 1 aromatic heterocycles. The molecule has 0 bridgehead atoms. The predicted molar refractivity (Wildman–Crippen MR) is 92.6 cm³/mol. The minimum absolute atomic E-state index is 0.0739. The fraction of sp³-hybridized carbons (Fsp3) is 0.611. The summed E-state index contributed by atoms with van der Waals surface area (Å²) in [6.07, 6.45) is 4.34.